The average Bonchev–Trinajstić information content (AvgIpc) is 2.48. The van der Waals surface area contributed by atoms with Crippen LogP contribution in [0.25, 0.3) is 0 Å². The molecule has 2 rings (SSSR count). The van der Waals surface area contributed by atoms with E-state index in [9.17, 15) is 0 Å². The minimum absolute atomic E-state index is 0.304. The Hall–Kier alpha value is -1.06. The van der Waals surface area contributed by atoms with Gasteiger partial charge in [-0.15, -0.1) is 0 Å². The SMILES string of the molecule is CC1CN(C)c2ccccc2CN1CCCCO. The Balaban J connectivity index is 2.10. The highest BCUT2D eigenvalue weighted by Gasteiger charge is 2.22. The first-order valence-electron chi connectivity index (χ1n) is 6.86. The molecule has 0 saturated carbocycles. The Morgan fingerprint density at radius 2 is 2.06 bits per heavy atom. The first-order chi connectivity index (χ1) is 8.72. The number of likely N-dealkylation sites (N-methyl/N-ethyl adjacent to an activating group) is 1. The minimum atomic E-state index is 0.304. The summed E-state index contributed by atoms with van der Waals surface area (Å²) in [7, 11) is 2.17. The molecular weight excluding hydrogens is 224 g/mol. The Labute approximate surface area is 110 Å². The second-order valence-electron chi connectivity index (χ2n) is 5.26. The third kappa shape index (κ3) is 3.03. The minimum Gasteiger partial charge on any atom is -0.396 e. The summed E-state index contributed by atoms with van der Waals surface area (Å²) in [6.45, 7) is 5.76. The zero-order valence-corrected chi connectivity index (χ0v) is 11.5. The molecule has 0 aliphatic carbocycles. The Bertz CT molecular complexity index is 381. The fraction of sp³-hybridized carbons (Fsp3) is 0.600. The van der Waals surface area contributed by atoms with Gasteiger partial charge < -0.3 is 10.0 Å². The number of para-hydroxylation sites is 1. The quantitative estimate of drug-likeness (QED) is 0.827. The van der Waals surface area contributed by atoms with E-state index in [1.165, 1.54) is 11.3 Å². The van der Waals surface area contributed by atoms with Crippen molar-refractivity contribution in [2.45, 2.75) is 32.4 Å². The zero-order chi connectivity index (χ0) is 13.0. The number of nitrogens with zero attached hydrogens (tertiary/aromatic N) is 2. The van der Waals surface area contributed by atoms with E-state index in [1.54, 1.807) is 0 Å². The summed E-state index contributed by atoms with van der Waals surface area (Å²) in [6.07, 6.45) is 1.98. The van der Waals surface area contributed by atoms with Crippen molar-refractivity contribution in [1.82, 2.24) is 4.90 Å². The molecule has 1 aliphatic rings. The summed E-state index contributed by atoms with van der Waals surface area (Å²) in [4.78, 5) is 4.88. The summed E-state index contributed by atoms with van der Waals surface area (Å²) < 4.78 is 0. The maximum atomic E-state index is 8.89. The van der Waals surface area contributed by atoms with Crippen LogP contribution in [0.3, 0.4) is 0 Å². The lowest BCUT2D eigenvalue weighted by atomic mass is 10.1. The molecule has 0 saturated heterocycles. The van der Waals surface area contributed by atoms with Gasteiger partial charge in [-0.2, -0.15) is 0 Å². The van der Waals surface area contributed by atoms with Crippen LogP contribution in [0.5, 0.6) is 0 Å². The molecule has 1 atom stereocenters. The first-order valence-corrected chi connectivity index (χ1v) is 6.86. The van der Waals surface area contributed by atoms with E-state index in [4.69, 9.17) is 5.11 Å². The van der Waals surface area contributed by atoms with Crippen LogP contribution in [0.15, 0.2) is 24.3 Å². The van der Waals surface area contributed by atoms with Gasteiger partial charge in [0.15, 0.2) is 0 Å². The summed E-state index contributed by atoms with van der Waals surface area (Å²) in [5.41, 5.74) is 2.77. The van der Waals surface area contributed by atoms with Gasteiger partial charge in [0, 0.05) is 38.5 Å². The maximum absolute atomic E-state index is 8.89. The number of unbranched alkanes of at least 4 members (excludes halogenated alkanes) is 1. The molecule has 0 spiro atoms. The van der Waals surface area contributed by atoms with Crippen molar-refractivity contribution >= 4 is 5.69 Å². The van der Waals surface area contributed by atoms with Crippen LogP contribution in [0.2, 0.25) is 0 Å². The molecule has 1 heterocycles. The van der Waals surface area contributed by atoms with Crippen molar-refractivity contribution in [1.29, 1.82) is 0 Å². The standard InChI is InChI=1S/C15H24N2O/c1-13-11-16(2)15-8-4-3-7-14(15)12-17(13)9-5-6-10-18/h3-4,7-8,13,18H,5-6,9-12H2,1-2H3. The van der Waals surface area contributed by atoms with Crippen LogP contribution in [0.4, 0.5) is 5.69 Å². The van der Waals surface area contributed by atoms with E-state index in [1.807, 2.05) is 0 Å². The summed E-state index contributed by atoms with van der Waals surface area (Å²) in [5.74, 6) is 0. The molecule has 100 valence electrons. The Morgan fingerprint density at radius 1 is 1.28 bits per heavy atom. The number of aliphatic hydroxyl groups is 1. The Kier molecular flexibility index (Phi) is 4.61. The molecule has 0 radical (unpaired) electrons. The highest BCUT2D eigenvalue weighted by atomic mass is 16.2. The number of aliphatic hydroxyl groups excluding tert-OH is 1. The molecule has 1 aromatic carbocycles. The van der Waals surface area contributed by atoms with Crippen LogP contribution in [0, 0.1) is 0 Å². The molecule has 3 heteroatoms. The lowest BCUT2D eigenvalue weighted by molar-refractivity contribution is 0.195. The van der Waals surface area contributed by atoms with Gasteiger partial charge in [0.2, 0.25) is 0 Å². The third-order valence-corrected chi connectivity index (χ3v) is 3.79. The van der Waals surface area contributed by atoms with Gasteiger partial charge in [-0.25, -0.2) is 0 Å². The van der Waals surface area contributed by atoms with Gasteiger partial charge in [0.25, 0.3) is 0 Å². The fourth-order valence-corrected chi connectivity index (χ4v) is 2.73. The normalized spacial score (nSPS) is 20.6. The van der Waals surface area contributed by atoms with Crippen LogP contribution >= 0.6 is 0 Å². The van der Waals surface area contributed by atoms with E-state index in [2.05, 4.69) is 48.0 Å². The molecule has 0 fully saturated rings. The fourth-order valence-electron chi connectivity index (χ4n) is 2.73. The first kappa shape index (κ1) is 13.4. The van der Waals surface area contributed by atoms with Crippen molar-refractivity contribution in [3.63, 3.8) is 0 Å². The number of benzene rings is 1. The van der Waals surface area contributed by atoms with Gasteiger partial charge in [-0.3, -0.25) is 4.90 Å². The molecular formula is C15H24N2O. The third-order valence-electron chi connectivity index (χ3n) is 3.79. The van der Waals surface area contributed by atoms with Gasteiger partial charge in [0.1, 0.15) is 0 Å². The molecule has 1 N–H and O–H groups in total. The van der Waals surface area contributed by atoms with Crippen molar-refractivity contribution in [2.24, 2.45) is 0 Å². The predicted octanol–water partition coefficient (Wildman–Crippen LogP) is 2.10. The number of fused-ring (bicyclic) bond motifs is 1. The van der Waals surface area contributed by atoms with Crippen LogP contribution in [-0.2, 0) is 6.54 Å². The highest BCUT2D eigenvalue weighted by molar-refractivity contribution is 5.53. The molecule has 18 heavy (non-hydrogen) atoms. The molecule has 0 aromatic heterocycles. The van der Waals surface area contributed by atoms with Crippen LogP contribution in [-0.4, -0.2) is 42.8 Å². The van der Waals surface area contributed by atoms with Crippen molar-refractivity contribution in [3.8, 4) is 0 Å². The lowest BCUT2D eigenvalue weighted by Crippen LogP contribution is -2.38. The van der Waals surface area contributed by atoms with E-state index in [0.717, 1.165) is 32.5 Å². The van der Waals surface area contributed by atoms with Crippen molar-refractivity contribution < 1.29 is 5.11 Å². The summed E-state index contributed by atoms with van der Waals surface area (Å²) in [6, 6.07) is 9.22. The second-order valence-corrected chi connectivity index (χ2v) is 5.26. The average molecular weight is 248 g/mol. The largest absolute Gasteiger partial charge is 0.396 e. The topological polar surface area (TPSA) is 26.7 Å². The van der Waals surface area contributed by atoms with E-state index in [0.29, 0.717) is 12.6 Å². The number of anilines is 1. The maximum Gasteiger partial charge on any atom is 0.0431 e. The van der Waals surface area contributed by atoms with Gasteiger partial charge >= 0.3 is 0 Å². The lowest BCUT2D eigenvalue weighted by Gasteiger charge is -2.28. The molecule has 1 unspecified atom stereocenters. The Morgan fingerprint density at radius 3 is 2.83 bits per heavy atom. The number of hydrogen-bond acceptors (Lipinski definition) is 3. The smallest absolute Gasteiger partial charge is 0.0431 e. The van der Waals surface area contributed by atoms with Crippen molar-refractivity contribution in [2.75, 3.05) is 31.6 Å². The van der Waals surface area contributed by atoms with E-state index >= 15 is 0 Å². The van der Waals surface area contributed by atoms with Crippen molar-refractivity contribution in [3.05, 3.63) is 29.8 Å². The molecule has 3 nitrogen and oxygen atoms in total. The monoisotopic (exact) mass is 248 g/mol. The van der Waals surface area contributed by atoms with E-state index < -0.39 is 0 Å². The van der Waals surface area contributed by atoms with Gasteiger partial charge in [-0.05, 0) is 37.9 Å². The second kappa shape index (κ2) is 6.21. The van der Waals surface area contributed by atoms with Gasteiger partial charge in [-0.1, -0.05) is 18.2 Å². The number of hydrogen-bond donors (Lipinski definition) is 1. The summed E-state index contributed by atoms with van der Waals surface area (Å²) in [5, 5.41) is 8.89. The summed E-state index contributed by atoms with van der Waals surface area (Å²) >= 11 is 0. The van der Waals surface area contributed by atoms with Crippen LogP contribution < -0.4 is 4.90 Å². The zero-order valence-electron chi connectivity index (χ0n) is 11.5. The molecule has 1 aromatic rings. The van der Waals surface area contributed by atoms with E-state index in [-0.39, 0.29) is 0 Å². The molecule has 0 bridgehead atoms. The van der Waals surface area contributed by atoms with Crippen LogP contribution in [0.1, 0.15) is 25.3 Å². The predicted molar refractivity (Wildman–Crippen MR) is 75.9 cm³/mol. The molecule has 0 amide bonds. The molecule has 1 aliphatic heterocycles. The van der Waals surface area contributed by atoms with Gasteiger partial charge in [0.05, 0.1) is 0 Å². The number of rotatable bonds is 4. The highest BCUT2D eigenvalue weighted by Crippen LogP contribution is 2.25.